The summed E-state index contributed by atoms with van der Waals surface area (Å²) in [6.45, 7) is 1.13. The first-order valence-corrected chi connectivity index (χ1v) is 10.9. The fraction of sp³-hybridized carbons (Fsp3) is 0.190. The summed E-state index contributed by atoms with van der Waals surface area (Å²) in [5, 5.41) is 0. The van der Waals surface area contributed by atoms with Gasteiger partial charge in [-0.25, -0.2) is 8.42 Å². The number of nitrogens with zero attached hydrogens (tertiary/aromatic N) is 4. The van der Waals surface area contributed by atoms with E-state index < -0.39 is 10.0 Å². The van der Waals surface area contributed by atoms with Crippen LogP contribution in [0.2, 0.25) is 0 Å². The summed E-state index contributed by atoms with van der Waals surface area (Å²) in [6, 6.07) is 13.5. The first-order chi connectivity index (χ1) is 14.5. The molecule has 3 heterocycles. The van der Waals surface area contributed by atoms with Gasteiger partial charge in [-0.3, -0.25) is 14.8 Å². The average molecular weight is 424 g/mol. The van der Waals surface area contributed by atoms with Gasteiger partial charge < -0.3 is 9.64 Å². The van der Waals surface area contributed by atoms with E-state index in [2.05, 4.69) is 9.97 Å². The van der Waals surface area contributed by atoms with Crippen LogP contribution in [0.25, 0.3) is 0 Å². The number of benzene rings is 1. The summed E-state index contributed by atoms with van der Waals surface area (Å²) < 4.78 is 32.4. The Bertz CT molecular complexity index is 1100. The van der Waals surface area contributed by atoms with Crippen LogP contribution in [0.15, 0.2) is 78.2 Å². The number of aromatic nitrogens is 2. The molecule has 8 nitrogen and oxygen atoms in total. The van der Waals surface area contributed by atoms with Crippen molar-refractivity contribution < 1.29 is 17.9 Å². The van der Waals surface area contributed by atoms with Crippen molar-refractivity contribution in [1.29, 1.82) is 0 Å². The number of hydrogen-bond acceptors (Lipinski definition) is 6. The van der Waals surface area contributed by atoms with Gasteiger partial charge in [0.15, 0.2) is 0 Å². The second kappa shape index (κ2) is 8.60. The van der Waals surface area contributed by atoms with E-state index in [0.29, 0.717) is 30.2 Å². The van der Waals surface area contributed by atoms with Crippen LogP contribution in [0.1, 0.15) is 10.4 Å². The maximum absolute atomic E-state index is 12.8. The van der Waals surface area contributed by atoms with Crippen LogP contribution in [-0.2, 0) is 10.0 Å². The van der Waals surface area contributed by atoms with E-state index >= 15 is 0 Å². The Labute approximate surface area is 174 Å². The molecule has 1 amide bonds. The number of ether oxygens (including phenoxy) is 1. The Hall–Kier alpha value is -3.30. The number of piperazine rings is 1. The predicted octanol–water partition coefficient (Wildman–Crippen LogP) is 2.42. The lowest BCUT2D eigenvalue weighted by Crippen LogP contribution is -2.50. The average Bonchev–Trinajstić information content (AvgIpc) is 2.80. The molecule has 1 aliphatic heterocycles. The van der Waals surface area contributed by atoms with Crippen molar-refractivity contribution in [3.63, 3.8) is 0 Å². The fourth-order valence-corrected chi connectivity index (χ4v) is 4.56. The van der Waals surface area contributed by atoms with Crippen LogP contribution in [0.5, 0.6) is 11.5 Å². The number of rotatable bonds is 5. The monoisotopic (exact) mass is 424 g/mol. The van der Waals surface area contributed by atoms with Gasteiger partial charge in [-0.15, -0.1) is 0 Å². The van der Waals surface area contributed by atoms with E-state index in [1.54, 1.807) is 59.8 Å². The molecule has 0 aliphatic carbocycles. The molecule has 3 aromatic rings. The van der Waals surface area contributed by atoms with E-state index in [1.165, 1.54) is 22.8 Å². The molecule has 30 heavy (non-hydrogen) atoms. The van der Waals surface area contributed by atoms with Crippen molar-refractivity contribution >= 4 is 15.9 Å². The second-order valence-corrected chi connectivity index (χ2v) is 8.64. The molecule has 1 fully saturated rings. The van der Waals surface area contributed by atoms with Crippen LogP contribution in [0, 0.1) is 0 Å². The van der Waals surface area contributed by atoms with Crippen molar-refractivity contribution in [2.75, 3.05) is 26.2 Å². The van der Waals surface area contributed by atoms with Gasteiger partial charge in [0, 0.05) is 50.3 Å². The predicted molar refractivity (Wildman–Crippen MR) is 110 cm³/mol. The number of carbonyl (C=O) groups is 1. The normalized spacial score (nSPS) is 15.0. The highest BCUT2D eigenvalue weighted by Gasteiger charge is 2.30. The van der Waals surface area contributed by atoms with Crippen LogP contribution in [-0.4, -0.2) is 59.7 Å². The van der Waals surface area contributed by atoms with Crippen LogP contribution in [0.4, 0.5) is 0 Å². The lowest BCUT2D eigenvalue weighted by molar-refractivity contribution is 0.0698. The van der Waals surface area contributed by atoms with Gasteiger partial charge in [-0.2, -0.15) is 4.31 Å². The third-order valence-electron chi connectivity index (χ3n) is 4.77. The van der Waals surface area contributed by atoms with Gasteiger partial charge in [0.25, 0.3) is 5.91 Å². The summed E-state index contributed by atoms with van der Waals surface area (Å²) in [6.07, 6.45) is 6.14. The summed E-state index contributed by atoms with van der Waals surface area (Å²) in [7, 11) is -3.60. The lowest BCUT2D eigenvalue weighted by atomic mass is 10.2. The SMILES string of the molecule is O=C(c1ccc(Oc2cccnc2)cc1)N1CCN(S(=O)(=O)c2cccnc2)CC1. The summed E-state index contributed by atoms with van der Waals surface area (Å²) in [5.41, 5.74) is 0.525. The molecular weight excluding hydrogens is 404 g/mol. The Morgan fingerprint density at radius 1 is 0.833 bits per heavy atom. The number of hydrogen-bond donors (Lipinski definition) is 0. The quantitative estimate of drug-likeness (QED) is 0.625. The molecule has 0 spiro atoms. The third kappa shape index (κ3) is 4.32. The van der Waals surface area contributed by atoms with Crippen molar-refractivity contribution in [2.24, 2.45) is 0 Å². The number of sulfonamides is 1. The second-order valence-electron chi connectivity index (χ2n) is 6.70. The lowest BCUT2D eigenvalue weighted by Gasteiger charge is -2.34. The Kier molecular flexibility index (Phi) is 5.73. The topological polar surface area (TPSA) is 92.7 Å². The van der Waals surface area contributed by atoms with Gasteiger partial charge in [-0.1, -0.05) is 0 Å². The van der Waals surface area contributed by atoms with Crippen LogP contribution >= 0.6 is 0 Å². The van der Waals surface area contributed by atoms with E-state index in [-0.39, 0.29) is 23.9 Å². The fourth-order valence-electron chi connectivity index (χ4n) is 3.17. The molecule has 2 aromatic heterocycles. The summed E-state index contributed by atoms with van der Waals surface area (Å²) in [5.74, 6) is 1.08. The van der Waals surface area contributed by atoms with Crippen molar-refractivity contribution in [2.45, 2.75) is 4.90 Å². The maximum atomic E-state index is 12.8. The molecule has 0 N–H and O–H groups in total. The highest BCUT2D eigenvalue weighted by atomic mass is 32.2. The summed E-state index contributed by atoms with van der Waals surface area (Å²) >= 11 is 0. The number of carbonyl (C=O) groups excluding carboxylic acids is 1. The van der Waals surface area contributed by atoms with Crippen LogP contribution < -0.4 is 4.74 Å². The van der Waals surface area contributed by atoms with Crippen LogP contribution in [0.3, 0.4) is 0 Å². The highest BCUT2D eigenvalue weighted by molar-refractivity contribution is 7.89. The van der Waals surface area contributed by atoms with E-state index in [1.807, 2.05) is 0 Å². The minimum absolute atomic E-state index is 0.138. The Morgan fingerprint density at radius 3 is 2.10 bits per heavy atom. The first-order valence-electron chi connectivity index (χ1n) is 9.41. The van der Waals surface area contributed by atoms with E-state index in [0.717, 1.165) is 0 Å². The molecule has 0 atom stereocenters. The largest absolute Gasteiger partial charge is 0.456 e. The standard InChI is InChI=1S/C21H20N4O4S/c26-21(17-5-7-18(8-6-17)29-19-3-1-9-22-15-19)24-11-13-25(14-12-24)30(27,28)20-4-2-10-23-16-20/h1-10,15-16H,11-14H2. The third-order valence-corrected chi connectivity index (χ3v) is 6.65. The smallest absolute Gasteiger partial charge is 0.253 e. The Balaban J connectivity index is 1.37. The molecule has 154 valence electrons. The zero-order chi connectivity index (χ0) is 21.0. The maximum Gasteiger partial charge on any atom is 0.253 e. The first kappa shape index (κ1) is 20.0. The number of pyridine rings is 2. The van der Waals surface area contributed by atoms with Gasteiger partial charge >= 0.3 is 0 Å². The Morgan fingerprint density at radius 2 is 1.50 bits per heavy atom. The van der Waals surface area contributed by atoms with Gasteiger partial charge in [-0.05, 0) is 48.5 Å². The minimum Gasteiger partial charge on any atom is -0.456 e. The van der Waals surface area contributed by atoms with Gasteiger partial charge in [0.05, 0.1) is 6.20 Å². The van der Waals surface area contributed by atoms with E-state index in [9.17, 15) is 13.2 Å². The molecule has 1 saturated heterocycles. The molecule has 0 bridgehead atoms. The van der Waals surface area contributed by atoms with Gasteiger partial charge in [0.2, 0.25) is 10.0 Å². The highest BCUT2D eigenvalue weighted by Crippen LogP contribution is 2.22. The van der Waals surface area contributed by atoms with Crippen molar-refractivity contribution in [3.05, 3.63) is 78.9 Å². The minimum atomic E-state index is -3.60. The zero-order valence-corrected chi connectivity index (χ0v) is 16.9. The molecular formula is C21H20N4O4S. The number of amides is 1. The van der Waals surface area contributed by atoms with Gasteiger partial charge in [0.1, 0.15) is 16.4 Å². The van der Waals surface area contributed by atoms with Crippen molar-refractivity contribution in [1.82, 2.24) is 19.2 Å². The molecule has 9 heteroatoms. The van der Waals surface area contributed by atoms with Crippen molar-refractivity contribution in [3.8, 4) is 11.5 Å². The summed E-state index contributed by atoms with van der Waals surface area (Å²) in [4.78, 5) is 22.5. The molecule has 0 radical (unpaired) electrons. The zero-order valence-electron chi connectivity index (χ0n) is 16.1. The molecule has 4 rings (SSSR count). The molecule has 1 aliphatic rings. The molecule has 0 unspecified atom stereocenters. The molecule has 0 saturated carbocycles. The van der Waals surface area contributed by atoms with E-state index in [4.69, 9.17) is 4.74 Å². The molecule has 1 aromatic carbocycles.